The van der Waals surface area contributed by atoms with Crippen molar-refractivity contribution >= 4 is 11.6 Å². The molecular weight excluding hydrogens is 318 g/mol. The summed E-state index contributed by atoms with van der Waals surface area (Å²) in [6.07, 6.45) is -0.00908. The molecule has 0 saturated carbocycles. The molecule has 5 nitrogen and oxygen atoms in total. The van der Waals surface area contributed by atoms with Gasteiger partial charge in [0.25, 0.3) is 5.91 Å². The van der Waals surface area contributed by atoms with E-state index < -0.39 is 6.10 Å². The van der Waals surface area contributed by atoms with Crippen LogP contribution in [-0.4, -0.2) is 24.2 Å². The van der Waals surface area contributed by atoms with Crippen LogP contribution < -0.4 is 14.8 Å². The number of hydrogen-bond acceptors (Lipinski definition) is 4. The number of aliphatic hydroxyl groups is 1. The van der Waals surface area contributed by atoms with E-state index in [2.05, 4.69) is 19.2 Å². The number of benzene rings is 2. The molecule has 0 spiro atoms. The van der Waals surface area contributed by atoms with Gasteiger partial charge in [-0.1, -0.05) is 38.1 Å². The predicted octanol–water partition coefficient (Wildman–Crippen LogP) is 3.42. The van der Waals surface area contributed by atoms with Gasteiger partial charge in [0.1, 0.15) is 11.5 Å². The summed E-state index contributed by atoms with van der Waals surface area (Å²) in [5.74, 6) is 0.950. The molecule has 0 bridgehead atoms. The van der Waals surface area contributed by atoms with Gasteiger partial charge in [0.05, 0.1) is 30.6 Å². The first-order valence-electron chi connectivity index (χ1n) is 8.49. The summed E-state index contributed by atoms with van der Waals surface area (Å²) in [6, 6.07) is 11.1. The molecule has 0 fully saturated rings. The van der Waals surface area contributed by atoms with Gasteiger partial charge in [0, 0.05) is 23.0 Å². The van der Waals surface area contributed by atoms with Crippen LogP contribution in [0.4, 0.5) is 5.69 Å². The zero-order valence-electron chi connectivity index (χ0n) is 14.3. The zero-order chi connectivity index (χ0) is 17.6. The Hall–Kier alpha value is -2.53. The third kappa shape index (κ3) is 2.65. The van der Waals surface area contributed by atoms with E-state index in [0.717, 1.165) is 5.56 Å². The Morgan fingerprint density at radius 2 is 1.96 bits per heavy atom. The van der Waals surface area contributed by atoms with Crippen molar-refractivity contribution in [1.29, 1.82) is 0 Å². The number of rotatable bonds is 2. The summed E-state index contributed by atoms with van der Waals surface area (Å²) in [5, 5.41) is 13.0. The second kappa shape index (κ2) is 5.77. The fourth-order valence-electron chi connectivity index (χ4n) is 3.43. The fourth-order valence-corrected chi connectivity index (χ4v) is 3.43. The molecule has 1 atom stereocenters. The number of nitrogens with one attached hydrogen (secondary N) is 1. The van der Waals surface area contributed by atoms with Crippen LogP contribution in [0.25, 0.3) is 0 Å². The van der Waals surface area contributed by atoms with Crippen molar-refractivity contribution in [2.24, 2.45) is 0 Å². The van der Waals surface area contributed by atoms with E-state index in [4.69, 9.17) is 9.47 Å². The molecule has 5 heteroatoms. The van der Waals surface area contributed by atoms with Crippen LogP contribution in [-0.2, 0) is 5.41 Å². The van der Waals surface area contributed by atoms with Crippen molar-refractivity contribution in [3.05, 3.63) is 53.1 Å². The minimum absolute atomic E-state index is 0.106. The SMILES string of the molecule is CC1(C)COc2c(C(=O)Nc3cccc4c3OCC[C@@H]4O)cccc21. The lowest BCUT2D eigenvalue weighted by Crippen LogP contribution is -2.18. The van der Waals surface area contributed by atoms with Gasteiger partial charge in [-0.2, -0.15) is 0 Å². The van der Waals surface area contributed by atoms with Gasteiger partial charge >= 0.3 is 0 Å². The Labute approximate surface area is 146 Å². The summed E-state index contributed by atoms with van der Waals surface area (Å²) in [4.78, 5) is 12.8. The highest BCUT2D eigenvalue weighted by Gasteiger charge is 2.34. The average Bonchev–Trinajstić information content (AvgIpc) is 2.91. The van der Waals surface area contributed by atoms with Gasteiger partial charge in [-0.3, -0.25) is 4.79 Å². The molecule has 0 aliphatic carbocycles. The van der Waals surface area contributed by atoms with Gasteiger partial charge in [0.15, 0.2) is 0 Å². The van der Waals surface area contributed by atoms with E-state index in [1.54, 1.807) is 18.2 Å². The lowest BCUT2D eigenvalue weighted by molar-refractivity contribution is 0.101. The summed E-state index contributed by atoms with van der Waals surface area (Å²) < 4.78 is 11.5. The molecule has 0 aromatic heterocycles. The van der Waals surface area contributed by atoms with Crippen LogP contribution >= 0.6 is 0 Å². The number of ether oxygens (including phenoxy) is 2. The summed E-state index contributed by atoms with van der Waals surface area (Å²) >= 11 is 0. The highest BCUT2D eigenvalue weighted by atomic mass is 16.5. The highest BCUT2D eigenvalue weighted by molar-refractivity contribution is 6.07. The molecule has 25 heavy (non-hydrogen) atoms. The normalized spacial score (nSPS) is 20.0. The Balaban J connectivity index is 1.67. The van der Waals surface area contributed by atoms with Gasteiger partial charge in [-0.05, 0) is 12.1 Å². The van der Waals surface area contributed by atoms with Gasteiger partial charge in [0.2, 0.25) is 0 Å². The molecule has 130 valence electrons. The van der Waals surface area contributed by atoms with E-state index in [-0.39, 0.29) is 11.3 Å². The second-order valence-corrected chi connectivity index (χ2v) is 7.19. The number of carbonyl (C=O) groups is 1. The monoisotopic (exact) mass is 339 g/mol. The van der Waals surface area contributed by atoms with Crippen LogP contribution in [0.2, 0.25) is 0 Å². The molecule has 0 saturated heterocycles. The molecule has 2 aliphatic rings. The molecule has 2 aromatic rings. The van der Waals surface area contributed by atoms with E-state index >= 15 is 0 Å². The quantitative estimate of drug-likeness (QED) is 0.880. The summed E-state index contributed by atoms with van der Waals surface area (Å²) in [7, 11) is 0. The maximum atomic E-state index is 12.8. The lowest BCUT2D eigenvalue weighted by Gasteiger charge is -2.24. The minimum atomic E-state index is -0.564. The standard InChI is InChI=1S/C20H21NO4/c1-20(2)11-25-17-13(6-3-7-14(17)20)19(23)21-15-8-4-5-12-16(22)9-10-24-18(12)15/h3-8,16,22H,9-11H2,1-2H3,(H,21,23)/t16-/m0/s1. The number of hydrogen-bond donors (Lipinski definition) is 2. The average molecular weight is 339 g/mol. The van der Waals surface area contributed by atoms with Crippen LogP contribution in [0.5, 0.6) is 11.5 Å². The van der Waals surface area contributed by atoms with Gasteiger partial charge < -0.3 is 19.9 Å². The molecular formula is C20H21NO4. The smallest absolute Gasteiger partial charge is 0.259 e. The van der Waals surface area contributed by atoms with Crippen molar-refractivity contribution in [2.45, 2.75) is 31.8 Å². The van der Waals surface area contributed by atoms with Crippen LogP contribution in [0.1, 0.15) is 47.9 Å². The van der Waals surface area contributed by atoms with Gasteiger partial charge in [-0.15, -0.1) is 0 Å². The number of para-hydroxylation sites is 2. The number of amides is 1. The first-order chi connectivity index (χ1) is 12.0. The van der Waals surface area contributed by atoms with Crippen LogP contribution in [0, 0.1) is 0 Å². The van der Waals surface area contributed by atoms with E-state index in [0.29, 0.717) is 47.9 Å². The summed E-state index contributed by atoms with van der Waals surface area (Å²) in [5.41, 5.74) is 2.72. The van der Waals surface area contributed by atoms with Gasteiger partial charge in [-0.25, -0.2) is 0 Å². The Morgan fingerprint density at radius 3 is 2.80 bits per heavy atom. The molecule has 1 amide bonds. The summed E-state index contributed by atoms with van der Waals surface area (Å²) in [6.45, 7) is 5.19. The van der Waals surface area contributed by atoms with Crippen molar-refractivity contribution in [3.63, 3.8) is 0 Å². The molecule has 0 unspecified atom stereocenters. The maximum absolute atomic E-state index is 12.8. The number of fused-ring (bicyclic) bond motifs is 2. The maximum Gasteiger partial charge on any atom is 0.259 e. The van der Waals surface area contributed by atoms with Crippen molar-refractivity contribution < 1.29 is 19.4 Å². The molecule has 2 N–H and O–H groups in total. The topological polar surface area (TPSA) is 67.8 Å². The third-order valence-corrected chi connectivity index (χ3v) is 4.86. The van der Waals surface area contributed by atoms with E-state index in [1.807, 2.05) is 18.2 Å². The number of carbonyl (C=O) groups excluding carboxylic acids is 1. The first-order valence-corrected chi connectivity index (χ1v) is 8.49. The largest absolute Gasteiger partial charge is 0.492 e. The van der Waals surface area contributed by atoms with Crippen LogP contribution in [0.3, 0.4) is 0 Å². The lowest BCUT2D eigenvalue weighted by atomic mass is 9.86. The van der Waals surface area contributed by atoms with Crippen molar-refractivity contribution in [2.75, 3.05) is 18.5 Å². The first kappa shape index (κ1) is 16.0. The molecule has 2 aliphatic heterocycles. The molecule has 0 radical (unpaired) electrons. The molecule has 2 heterocycles. The minimum Gasteiger partial charge on any atom is -0.492 e. The second-order valence-electron chi connectivity index (χ2n) is 7.19. The van der Waals surface area contributed by atoms with E-state index in [1.165, 1.54) is 0 Å². The Kier molecular flexibility index (Phi) is 3.69. The van der Waals surface area contributed by atoms with Crippen molar-refractivity contribution in [1.82, 2.24) is 0 Å². The van der Waals surface area contributed by atoms with Crippen LogP contribution in [0.15, 0.2) is 36.4 Å². The Morgan fingerprint density at radius 1 is 1.16 bits per heavy atom. The predicted molar refractivity (Wildman–Crippen MR) is 94.4 cm³/mol. The molecule has 4 rings (SSSR count). The fraction of sp³-hybridized carbons (Fsp3) is 0.350. The molecule has 2 aromatic carbocycles. The Bertz CT molecular complexity index is 844. The highest BCUT2D eigenvalue weighted by Crippen LogP contribution is 2.42. The van der Waals surface area contributed by atoms with E-state index in [9.17, 15) is 9.90 Å². The number of anilines is 1. The third-order valence-electron chi connectivity index (χ3n) is 4.86. The zero-order valence-corrected chi connectivity index (χ0v) is 14.3. The van der Waals surface area contributed by atoms with Crippen molar-refractivity contribution in [3.8, 4) is 11.5 Å². The number of aliphatic hydroxyl groups excluding tert-OH is 1.